The SMILES string of the molecule is CCCCn1c2ccccc2c(=Nc2c(F)c(F)c(F)c(F)c2F)c2cc3c(cc21)c(=Nc1c(F)c(F)c(F)c(F)c1F)c1ccccc1n3CCCC. The molecule has 7 rings (SSSR count). The van der Waals surface area contributed by atoms with Crippen LogP contribution in [0.25, 0.3) is 43.6 Å². The van der Waals surface area contributed by atoms with Gasteiger partial charge in [-0.2, -0.15) is 0 Å². The third kappa shape index (κ3) is 5.78. The van der Waals surface area contributed by atoms with E-state index in [1.54, 1.807) is 60.7 Å². The van der Waals surface area contributed by atoms with E-state index in [1.807, 2.05) is 23.0 Å². The monoisotopic (exact) mass is 754 g/mol. The van der Waals surface area contributed by atoms with E-state index in [2.05, 4.69) is 9.98 Å². The summed E-state index contributed by atoms with van der Waals surface area (Å²) in [5, 5.41) is 0.708. The van der Waals surface area contributed by atoms with E-state index in [4.69, 9.17) is 0 Å². The summed E-state index contributed by atoms with van der Waals surface area (Å²) < 4.78 is 150. The summed E-state index contributed by atoms with van der Waals surface area (Å²) in [6.07, 6.45) is 2.67. The Balaban J connectivity index is 1.77. The van der Waals surface area contributed by atoms with Crippen LogP contribution in [0, 0.1) is 58.2 Å². The molecule has 0 bridgehead atoms. The molecule has 0 amide bonds. The minimum Gasteiger partial charge on any atom is -0.340 e. The second-order valence-electron chi connectivity index (χ2n) is 12.7. The smallest absolute Gasteiger partial charge is 0.200 e. The summed E-state index contributed by atoms with van der Waals surface area (Å²) in [5.41, 5.74) is -1.30. The zero-order valence-electron chi connectivity index (χ0n) is 28.6. The van der Waals surface area contributed by atoms with Crippen LogP contribution in [-0.2, 0) is 13.1 Å². The maximum Gasteiger partial charge on any atom is 0.200 e. The Morgan fingerprint density at radius 2 is 0.722 bits per heavy atom. The molecule has 2 aromatic heterocycles. The maximum atomic E-state index is 15.2. The van der Waals surface area contributed by atoms with Crippen molar-refractivity contribution in [3.63, 3.8) is 0 Å². The van der Waals surface area contributed by atoms with Gasteiger partial charge in [-0.3, -0.25) is 0 Å². The quantitative estimate of drug-likeness (QED) is 0.0641. The average Bonchev–Trinajstić information content (AvgIpc) is 3.19. The standard InChI is InChI=1S/C40H28F10N4/c1-3-5-15-53-23-13-9-7-11-19(23)37(51-39-33(47)29(43)27(41)30(44)34(39)48)21-18-26-22(17-25(21)53)38(20-12-8-10-14-24(20)54(26)16-6-4-2)52-40-35(49)31(45)28(42)32(46)36(40)50/h7-14,17-18H,3-6,15-16H2,1-2H3. The highest BCUT2D eigenvalue weighted by molar-refractivity contribution is 6.03. The van der Waals surface area contributed by atoms with Crippen molar-refractivity contribution in [2.75, 3.05) is 0 Å². The van der Waals surface area contributed by atoms with Gasteiger partial charge in [0.2, 0.25) is 11.6 Å². The van der Waals surface area contributed by atoms with Crippen molar-refractivity contribution in [1.82, 2.24) is 9.13 Å². The minimum absolute atomic E-state index is 0.146. The molecular weight excluding hydrogens is 726 g/mol. The molecule has 2 heterocycles. The normalized spacial score (nSPS) is 12.7. The molecule has 0 unspecified atom stereocenters. The average molecular weight is 755 g/mol. The lowest BCUT2D eigenvalue weighted by Crippen LogP contribution is -2.17. The van der Waals surface area contributed by atoms with E-state index >= 15 is 17.6 Å². The first-order chi connectivity index (χ1) is 25.9. The summed E-state index contributed by atoms with van der Waals surface area (Å²) in [4.78, 5) is 8.24. The van der Waals surface area contributed by atoms with E-state index in [0.717, 1.165) is 12.8 Å². The van der Waals surface area contributed by atoms with Gasteiger partial charge < -0.3 is 9.13 Å². The molecule has 54 heavy (non-hydrogen) atoms. The summed E-state index contributed by atoms with van der Waals surface area (Å²) in [5.74, 6) is -22.0. The van der Waals surface area contributed by atoms with Crippen LogP contribution < -0.4 is 10.7 Å². The number of unbranched alkanes of at least 4 members (excludes halogenated alkanes) is 2. The highest BCUT2D eigenvalue weighted by atomic mass is 19.2. The van der Waals surface area contributed by atoms with Crippen molar-refractivity contribution in [3.05, 3.63) is 130 Å². The van der Waals surface area contributed by atoms with Gasteiger partial charge in [-0.15, -0.1) is 0 Å². The van der Waals surface area contributed by atoms with Crippen molar-refractivity contribution in [2.45, 2.75) is 52.6 Å². The number of aromatic nitrogens is 2. The van der Waals surface area contributed by atoms with Crippen LogP contribution in [0.3, 0.4) is 0 Å². The molecule has 0 N–H and O–H groups in total. The molecule has 0 aliphatic heterocycles. The van der Waals surface area contributed by atoms with Crippen molar-refractivity contribution < 1.29 is 43.9 Å². The highest BCUT2D eigenvalue weighted by Crippen LogP contribution is 2.33. The topological polar surface area (TPSA) is 34.6 Å². The lowest BCUT2D eigenvalue weighted by Gasteiger charge is -2.20. The first-order valence-corrected chi connectivity index (χ1v) is 17.0. The molecule has 7 aromatic rings. The van der Waals surface area contributed by atoms with E-state index in [1.165, 1.54) is 0 Å². The Hall–Kier alpha value is -5.66. The lowest BCUT2D eigenvalue weighted by molar-refractivity contribution is 0.380. The number of rotatable bonds is 8. The van der Waals surface area contributed by atoms with Gasteiger partial charge in [0.1, 0.15) is 11.4 Å². The van der Waals surface area contributed by atoms with Gasteiger partial charge in [0, 0.05) is 34.6 Å². The van der Waals surface area contributed by atoms with Gasteiger partial charge in [0.25, 0.3) is 0 Å². The summed E-state index contributed by atoms with van der Waals surface area (Å²) in [6, 6.07) is 16.2. The largest absolute Gasteiger partial charge is 0.340 e. The fourth-order valence-corrected chi connectivity index (χ4v) is 6.73. The number of hydrogen-bond acceptors (Lipinski definition) is 2. The van der Waals surface area contributed by atoms with Gasteiger partial charge in [0.15, 0.2) is 46.5 Å². The number of fused-ring (bicyclic) bond motifs is 4. The molecule has 0 aliphatic carbocycles. The van der Waals surface area contributed by atoms with Crippen LogP contribution >= 0.6 is 0 Å². The Kier molecular flexibility index (Phi) is 9.71. The molecule has 5 aromatic carbocycles. The number of pyridine rings is 2. The molecule has 0 radical (unpaired) electrons. The molecule has 14 heteroatoms. The van der Waals surface area contributed by atoms with Crippen LogP contribution in [0.2, 0.25) is 0 Å². The molecule has 4 nitrogen and oxygen atoms in total. The van der Waals surface area contributed by atoms with Gasteiger partial charge >= 0.3 is 0 Å². The third-order valence-corrected chi connectivity index (χ3v) is 9.40. The number of aryl methyl sites for hydroxylation is 2. The first-order valence-electron chi connectivity index (χ1n) is 17.0. The molecule has 278 valence electrons. The van der Waals surface area contributed by atoms with Crippen molar-refractivity contribution in [2.24, 2.45) is 9.98 Å². The van der Waals surface area contributed by atoms with Crippen LogP contribution in [0.4, 0.5) is 55.3 Å². The van der Waals surface area contributed by atoms with Crippen molar-refractivity contribution in [1.29, 1.82) is 0 Å². The fourth-order valence-electron chi connectivity index (χ4n) is 6.73. The lowest BCUT2D eigenvalue weighted by atomic mass is 10.0. The van der Waals surface area contributed by atoms with Crippen molar-refractivity contribution in [3.8, 4) is 0 Å². The predicted octanol–water partition coefficient (Wildman–Crippen LogP) is 11.4. The van der Waals surface area contributed by atoms with E-state index in [0.29, 0.717) is 58.8 Å². The van der Waals surface area contributed by atoms with E-state index in [9.17, 15) is 26.3 Å². The Labute approximate surface area is 299 Å². The second-order valence-corrected chi connectivity index (χ2v) is 12.7. The molecule has 0 atom stereocenters. The second kappa shape index (κ2) is 14.3. The fraction of sp³-hybridized carbons (Fsp3) is 0.200. The number of benzene rings is 5. The number of nitrogens with zero attached hydrogens (tertiary/aromatic N) is 4. The number of para-hydroxylation sites is 2. The maximum absolute atomic E-state index is 15.2. The molecule has 0 aliphatic rings. The van der Waals surface area contributed by atoms with Gasteiger partial charge in [-0.25, -0.2) is 53.9 Å². The molecule has 0 fully saturated rings. The number of halogens is 10. The Morgan fingerprint density at radius 3 is 1.06 bits per heavy atom. The zero-order valence-corrected chi connectivity index (χ0v) is 28.6. The minimum atomic E-state index is -2.34. The molecule has 0 saturated heterocycles. The third-order valence-electron chi connectivity index (χ3n) is 9.40. The highest BCUT2D eigenvalue weighted by Gasteiger charge is 2.28. The van der Waals surface area contributed by atoms with E-state index in [-0.39, 0.29) is 21.5 Å². The van der Waals surface area contributed by atoms with Gasteiger partial charge in [-0.1, -0.05) is 63.1 Å². The molecule has 0 saturated carbocycles. The zero-order chi connectivity index (χ0) is 38.6. The van der Waals surface area contributed by atoms with Gasteiger partial charge in [-0.05, 0) is 37.1 Å². The summed E-state index contributed by atoms with van der Waals surface area (Å²) in [6.45, 7) is 4.60. The molecular formula is C40H28F10N4. The summed E-state index contributed by atoms with van der Waals surface area (Å²) >= 11 is 0. The van der Waals surface area contributed by atoms with Crippen LogP contribution in [-0.4, -0.2) is 9.13 Å². The van der Waals surface area contributed by atoms with Crippen LogP contribution in [0.5, 0.6) is 0 Å². The Morgan fingerprint density at radius 1 is 0.407 bits per heavy atom. The van der Waals surface area contributed by atoms with Gasteiger partial charge in [0.05, 0.1) is 32.8 Å². The predicted molar refractivity (Wildman–Crippen MR) is 185 cm³/mol. The van der Waals surface area contributed by atoms with Crippen LogP contribution in [0.15, 0.2) is 70.6 Å². The molecule has 0 spiro atoms. The Bertz CT molecular complexity index is 2570. The first kappa shape index (κ1) is 36.7. The van der Waals surface area contributed by atoms with Crippen molar-refractivity contribution >= 4 is 55.0 Å². The van der Waals surface area contributed by atoms with E-state index < -0.39 is 69.5 Å². The van der Waals surface area contributed by atoms with Crippen LogP contribution in [0.1, 0.15) is 39.5 Å². The summed E-state index contributed by atoms with van der Waals surface area (Å²) in [7, 11) is 0. The number of hydrogen-bond donors (Lipinski definition) is 0.